The van der Waals surface area contributed by atoms with Crippen LogP contribution < -0.4 is 10.7 Å². The number of nitrogens with zero attached hydrogens (tertiary/aromatic N) is 3. The fraction of sp³-hybridized carbons (Fsp3) is 0.478. The van der Waals surface area contributed by atoms with E-state index in [1.165, 1.54) is 12.1 Å². The number of carbonyl (C=O) groups excluding carboxylic acids is 3. The molecule has 3 aliphatic rings. The highest BCUT2D eigenvalue weighted by atomic mass is 19.1. The van der Waals surface area contributed by atoms with Crippen LogP contribution in [0.2, 0.25) is 0 Å². The largest absolute Gasteiger partial charge is 0.344 e. The highest BCUT2D eigenvalue weighted by Crippen LogP contribution is 2.36. The van der Waals surface area contributed by atoms with Crippen molar-refractivity contribution in [2.75, 3.05) is 0 Å². The van der Waals surface area contributed by atoms with Gasteiger partial charge in [-0.15, -0.1) is 0 Å². The number of carbonyl (C=O) groups is 3. The third kappa shape index (κ3) is 3.36. The second-order valence-corrected chi connectivity index (χ2v) is 9.15. The SMILES string of the molecule is CC1CCC2(CC1)NC(=O)N(NC(=O)c1nn(-c3ccc(F)cc3)c3c1CCCC3)C2=O. The summed E-state index contributed by atoms with van der Waals surface area (Å²) in [6.07, 6.45) is 6.16. The molecule has 0 bridgehead atoms. The Morgan fingerprint density at radius 3 is 2.56 bits per heavy atom. The quantitative estimate of drug-likeness (QED) is 0.719. The van der Waals surface area contributed by atoms with Crippen molar-refractivity contribution in [3.8, 4) is 5.69 Å². The molecular formula is C23H26FN5O3. The fourth-order valence-corrected chi connectivity index (χ4v) is 5.05. The summed E-state index contributed by atoms with van der Waals surface area (Å²) in [6.45, 7) is 2.13. The summed E-state index contributed by atoms with van der Waals surface area (Å²) < 4.78 is 15.0. The Morgan fingerprint density at radius 1 is 1.16 bits per heavy atom. The monoisotopic (exact) mass is 439 g/mol. The van der Waals surface area contributed by atoms with E-state index in [1.54, 1.807) is 16.8 Å². The van der Waals surface area contributed by atoms with Crippen LogP contribution in [0.15, 0.2) is 24.3 Å². The molecule has 1 aliphatic heterocycles. The lowest BCUT2D eigenvalue weighted by Gasteiger charge is -2.33. The highest BCUT2D eigenvalue weighted by molar-refractivity contribution is 6.09. The standard InChI is InChI=1S/C23H26FN5O3/c1-14-10-12-23(13-11-14)21(31)29(22(32)25-23)27-20(30)19-17-4-2-3-5-18(17)28(26-19)16-8-6-15(24)7-9-16/h6-9,14H,2-5,10-13H2,1H3,(H,25,32)(H,27,30). The summed E-state index contributed by atoms with van der Waals surface area (Å²) in [6, 6.07) is 5.33. The first kappa shape index (κ1) is 20.7. The van der Waals surface area contributed by atoms with E-state index in [-0.39, 0.29) is 11.5 Å². The molecule has 1 aromatic heterocycles. The minimum absolute atomic E-state index is 0.197. The topological polar surface area (TPSA) is 96.3 Å². The number of hydrazine groups is 1. The van der Waals surface area contributed by atoms with E-state index in [0.717, 1.165) is 48.4 Å². The molecule has 2 N–H and O–H groups in total. The minimum Gasteiger partial charge on any atom is -0.322 e. The van der Waals surface area contributed by atoms with Crippen LogP contribution in [-0.2, 0) is 17.6 Å². The van der Waals surface area contributed by atoms with Crippen molar-refractivity contribution >= 4 is 17.8 Å². The normalized spacial score (nSPS) is 25.1. The summed E-state index contributed by atoms with van der Waals surface area (Å²) >= 11 is 0. The van der Waals surface area contributed by atoms with Crippen molar-refractivity contribution in [3.05, 3.63) is 47.0 Å². The molecule has 1 spiro atoms. The van der Waals surface area contributed by atoms with Crippen molar-refractivity contribution in [2.24, 2.45) is 5.92 Å². The van der Waals surface area contributed by atoms with Gasteiger partial charge in [-0.25, -0.2) is 13.9 Å². The van der Waals surface area contributed by atoms with Gasteiger partial charge in [0.1, 0.15) is 11.4 Å². The van der Waals surface area contributed by atoms with E-state index in [4.69, 9.17) is 0 Å². The number of hydrogen-bond acceptors (Lipinski definition) is 4. The molecule has 2 aromatic rings. The number of imide groups is 1. The van der Waals surface area contributed by atoms with Crippen LogP contribution >= 0.6 is 0 Å². The van der Waals surface area contributed by atoms with E-state index in [9.17, 15) is 18.8 Å². The first-order valence-electron chi connectivity index (χ1n) is 11.2. The molecule has 1 aromatic carbocycles. The number of urea groups is 1. The molecule has 1 saturated carbocycles. The maximum atomic E-state index is 13.4. The predicted molar refractivity (Wildman–Crippen MR) is 113 cm³/mol. The number of benzene rings is 1. The third-order valence-corrected chi connectivity index (χ3v) is 6.97. The molecule has 8 nitrogen and oxygen atoms in total. The molecule has 1 saturated heterocycles. The molecule has 5 rings (SSSR count). The summed E-state index contributed by atoms with van der Waals surface area (Å²) in [4.78, 5) is 38.8. The van der Waals surface area contributed by atoms with Gasteiger partial charge in [0.15, 0.2) is 5.69 Å². The number of halogens is 1. The summed E-state index contributed by atoms with van der Waals surface area (Å²) in [7, 11) is 0. The van der Waals surface area contributed by atoms with E-state index < -0.39 is 23.4 Å². The van der Waals surface area contributed by atoms with Crippen LogP contribution in [0, 0.1) is 11.7 Å². The molecule has 2 aliphatic carbocycles. The average molecular weight is 439 g/mol. The van der Waals surface area contributed by atoms with Gasteiger partial charge in [0.05, 0.1) is 5.69 Å². The van der Waals surface area contributed by atoms with Crippen LogP contribution in [0.25, 0.3) is 5.69 Å². The van der Waals surface area contributed by atoms with E-state index in [2.05, 4.69) is 22.8 Å². The van der Waals surface area contributed by atoms with Crippen molar-refractivity contribution in [2.45, 2.75) is 63.8 Å². The summed E-state index contributed by atoms with van der Waals surface area (Å²) in [5.41, 5.74) is 4.15. The molecule has 0 radical (unpaired) electrons. The molecule has 168 valence electrons. The lowest BCUT2D eigenvalue weighted by Crippen LogP contribution is -2.51. The fourth-order valence-electron chi connectivity index (χ4n) is 5.05. The molecule has 9 heteroatoms. The van der Waals surface area contributed by atoms with E-state index >= 15 is 0 Å². The van der Waals surface area contributed by atoms with Gasteiger partial charge in [0.2, 0.25) is 0 Å². The van der Waals surface area contributed by atoms with Gasteiger partial charge in [0.25, 0.3) is 11.8 Å². The lowest BCUT2D eigenvalue weighted by atomic mass is 9.77. The number of amides is 4. The van der Waals surface area contributed by atoms with Crippen LogP contribution in [-0.4, -0.2) is 38.2 Å². The van der Waals surface area contributed by atoms with Crippen molar-refractivity contribution in [1.29, 1.82) is 0 Å². The smallest absolute Gasteiger partial charge is 0.322 e. The minimum atomic E-state index is -0.927. The van der Waals surface area contributed by atoms with Crippen molar-refractivity contribution in [1.82, 2.24) is 25.5 Å². The van der Waals surface area contributed by atoms with Gasteiger partial charge in [-0.05, 0) is 81.5 Å². The van der Waals surface area contributed by atoms with Gasteiger partial charge in [0, 0.05) is 11.3 Å². The van der Waals surface area contributed by atoms with Gasteiger partial charge in [-0.2, -0.15) is 10.1 Å². The second-order valence-electron chi connectivity index (χ2n) is 9.15. The molecule has 2 heterocycles. The second kappa shape index (κ2) is 7.72. The Morgan fingerprint density at radius 2 is 1.84 bits per heavy atom. The highest BCUT2D eigenvalue weighted by Gasteiger charge is 2.53. The molecule has 0 unspecified atom stereocenters. The maximum Gasteiger partial charge on any atom is 0.344 e. The van der Waals surface area contributed by atoms with Gasteiger partial charge in [-0.1, -0.05) is 6.92 Å². The van der Waals surface area contributed by atoms with Gasteiger partial charge < -0.3 is 5.32 Å². The van der Waals surface area contributed by atoms with Crippen LogP contribution in [0.3, 0.4) is 0 Å². The number of nitrogens with one attached hydrogen (secondary N) is 2. The van der Waals surface area contributed by atoms with Crippen molar-refractivity contribution < 1.29 is 18.8 Å². The summed E-state index contributed by atoms with van der Waals surface area (Å²) in [5, 5.41) is 8.13. The number of fused-ring (bicyclic) bond motifs is 1. The third-order valence-electron chi connectivity index (χ3n) is 6.97. The zero-order chi connectivity index (χ0) is 22.5. The Labute approximate surface area is 185 Å². The first-order chi connectivity index (χ1) is 15.4. The molecule has 0 atom stereocenters. The van der Waals surface area contributed by atoms with Crippen LogP contribution in [0.5, 0.6) is 0 Å². The Kier molecular flexibility index (Phi) is 4.98. The Balaban J connectivity index is 1.42. The number of aromatic nitrogens is 2. The predicted octanol–water partition coefficient (Wildman–Crippen LogP) is 3.04. The van der Waals surface area contributed by atoms with Crippen LogP contribution in [0.4, 0.5) is 9.18 Å². The van der Waals surface area contributed by atoms with E-state index in [1.807, 2.05) is 0 Å². The summed E-state index contributed by atoms with van der Waals surface area (Å²) in [5.74, 6) is -0.837. The number of rotatable bonds is 3. The molecule has 4 amide bonds. The van der Waals surface area contributed by atoms with Gasteiger partial charge in [-0.3, -0.25) is 15.0 Å². The van der Waals surface area contributed by atoms with E-state index in [0.29, 0.717) is 30.9 Å². The zero-order valence-corrected chi connectivity index (χ0v) is 18.0. The van der Waals surface area contributed by atoms with Gasteiger partial charge >= 0.3 is 6.03 Å². The zero-order valence-electron chi connectivity index (χ0n) is 18.0. The van der Waals surface area contributed by atoms with Crippen molar-refractivity contribution in [3.63, 3.8) is 0 Å². The molecule has 2 fully saturated rings. The Hall–Kier alpha value is -3.23. The maximum absolute atomic E-state index is 13.4. The lowest BCUT2D eigenvalue weighted by molar-refractivity contribution is -0.134. The molecule has 32 heavy (non-hydrogen) atoms. The molecular weight excluding hydrogens is 413 g/mol. The van der Waals surface area contributed by atoms with Crippen LogP contribution in [0.1, 0.15) is 67.2 Å². The number of hydrogen-bond donors (Lipinski definition) is 2. The first-order valence-corrected chi connectivity index (χ1v) is 11.2. The average Bonchev–Trinajstić information content (AvgIpc) is 3.28. The Bertz CT molecular complexity index is 1090.